The Hall–Kier alpha value is -4.68. The number of alkyl carbamates (subject to hydrolysis) is 1. The van der Waals surface area contributed by atoms with Gasteiger partial charge >= 0.3 is 6.09 Å². The van der Waals surface area contributed by atoms with Crippen LogP contribution in [-0.2, 0) is 25.5 Å². The number of aliphatic hydroxyl groups excluding tert-OH is 4. The summed E-state index contributed by atoms with van der Waals surface area (Å²) in [5.41, 5.74) is 10.9. The number of phenolic OH excluding ortho intramolecular Hbond substituents is 1. The molecule has 0 radical (unpaired) electrons. The van der Waals surface area contributed by atoms with Gasteiger partial charge in [0.05, 0.1) is 6.61 Å². The predicted molar refractivity (Wildman–Crippen MR) is 176 cm³/mol. The fraction of sp³-hybridized carbons (Fsp3) is 0.500. The molecule has 1 saturated heterocycles. The predicted octanol–water partition coefficient (Wildman–Crippen LogP) is -0.816. The van der Waals surface area contributed by atoms with Crippen LogP contribution in [0.25, 0.3) is 0 Å². The maximum absolute atomic E-state index is 13.6. The number of phenols is 1. The molecule has 1 aliphatic heterocycles. The Kier molecular flexibility index (Phi) is 14.0. The average Bonchev–Trinajstić information content (AvgIpc) is 3.03. The number of benzene rings is 2. The van der Waals surface area contributed by atoms with Crippen molar-refractivity contribution < 1.29 is 54.1 Å². The van der Waals surface area contributed by atoms with E-state index in [1.807, 2.05) is 0 Å². The van der Waals surface area contributed by atoms with E-state index in [4.69, 9.17) is 25.7 Å². The van der Waals surface area contributed by atoms with Gasteiger partial charge in [0, 0.05) is 18.7 Å². The molecule has 3 rings (SSSR count). The molecule has 0 saturated carbocycles. The number of nitrogens with two attached hydrogens (primary N) is 2. The van der Waals surface area contributed by atoms with Gasteiger partial charge < -0.3 is 67.2 Å². The summed E-state index contributed by atoms with van der Waals surface area (Å²) in [6.07, 6.45) is -7.71. The molecule has 2 aromatic carbocycles. The number of anilines is 1. The van der Waals surface area contributed by atoms with Gasteiger partial charge in [-0.15, -0.1) is 0 Å². The fourth-order valence-corrected chi connectivity index (χ4v) is 4.72. The summed E-state index contributed by atoms with van der Waals surface area (Å²) in [6.45, 7) is 4.58. The number of nitrogens with one attached hydrogen (secondary N) is 3. The van der Waals surface area contributed by atoms with E-state index in [2.05, 4.69) is 20.9 Å². The van der Waals surface area contributed by atoms with Crippen LogP contribution in [0.3, 0.4) is 0 Å². The van der Waals surface area contributed by atoms with Crippen molar-refractivity contribution in [2.45, 2.75) is 88.4 Å². The highest BCUT2D eigenvalue weighted by atomic mass is 16.7. The van der Waals surface area contributed by atoms with E-state index in [1.54, 1.807) is 32.9 Å². The van der Waals surface area contributed by atoms with Gasteiger partial charge in [-0.3, -0.25) is 14.6 Å². The molecule has 0 unspecified atom stereocenters. The van der Waals surface area contributed by atoms with Crippen LogP contribution < -0.4 is 32.2 Å². The molecule has 270 valence electrons. The average molecular weight is 691 g/mol. The van der Waals surface area contributed by atoms with Crippen LogP contribution in [0.4, 0.5) is 10.5 Å². The van der Waals surface area contributed by atoms with Crippen molar-refractivity contribution in [1.29, 1.82) is 0 Å². The molecule has 7 atom stereocenters. The maximum atomic E-state index is 13.6. The Bertz CT molecular complexity index is 1410. The van der Waals surface area contributed by atoms with Crippen molar-refractivity contribution in [2.24, 2.45) is 16.5 Å². The second-order valence-corrected chi connectivity index (χ2v) is 12.4. The molecule has 1 heterocycles. The summed E-state index contributed by atoms with van der Waals surface area (Å²) >= 11 is 0. The SMILES string of the molecule is CC(C)(C)OC(=O)N[C@@H](Cc1ccc(O)cc1)C(=O)N[C@@H](CCCN=C(N)N)C(=O)Nc1ccc(O[C@@H]2O[C@H](CO)[C@@H](O)[C@H](O)[C@H]2O)cc1. The number of nitrogens with zero attached hydrogens (tertiary/aromatic N) is 1. The number of guanidine groups is 1. The van der Waals surface area contributed by atoms with E-state index in [9.17, 15) is 39.9 Å². The van der Waals surface area contributed by atoms with Gasteiger partial charge in [-0.2, -0.15) is 0 Å². The van der Waals surface area contributed by atoms with Gasteiger partial charge in [-0.25, -0.2) is 4.79 Å². The van der Waals surface area contributed by atoms with E-state index in [-0.39, 0.29) is 36.8 Å². The first kappa shape index (κ1) is 38.8. The van der Waals surface area contributed by atoms with Gasteiger partial charge in [-0.05, 0) is 75.6 Å². The summed E-state index contributed by atoms with van der Waals surface area (Å²) in [7, 11) is 0. The molecule has 0 aromatic heterocycles. The van der Waals surface area contributed by atoms with Crippen LogP contribution in [0.15, 0.2) is 53.5 Å². The summed E-state index contributed by atoms with van der Waals surface area (Å²) < 4.78 is 16.3. The van der Waals surface area contributed by atoms with Crippen molar-refractivity contribution in [1.82, 2.24) is 10.6 Å². The topological polar surface area (TPSA) is 281 Å². The van der Waals surface area contributed by atoms with E-state index in [0.29, 0.717) is 17.7 Å². The van der Waals surface area contributed by atoms with Crippen molar-refractivity contribution in [3.8, 4) is 11.5 Å². The Morgan fingerprint density at radius 2 is 1.57 bits per heavy atom. The number of aliphatic hydroxyl groups is 4. The highest BCUT2D eigenvalue weighted by Crippen LogP contribution is 2.25. The van der Waals surface area contributed by atoms with Crippen LogP contribution >= 0.6 is 0 Å². The largest absolute Gasteiger partial charge is 0.508 e. The van der Waals surface area contributed by atoms with Gasteiger partial charge in [-0.1, -0.05) is 12.1 Å². The van der Waals surface area contributed by atoms with Crippen molar-refractivity contribution in [3.05, 3.63) is 54.1 Å². The molecule has 12 N–H and O–H groups in total. The number of aromatic hydroxyl groups is 1. The van der Waals surface area contributed by atoms with Crippen molar-refractivity contribution in [2.75, 3.05) is 18.5 Å². The molecular weight excluding hydrogens is 644 g/mol. The van der Waals surface area contributed by atoms with Crippen LogP contribution in [0.1, 0.15) is 39.2 Å². The number of hydrogen-bond donors (Lipinski definition) is 10. The number of ether oxygens (including phenoxy) is 3. The molecule has 17 nitrogen and oxygen atoms in total. The van der Waals surface area contributed by atoms with Crippen LogP contribution in [0.2, 0.25) is 0 Å². The lowest BCUT2D eigenvalue weighted by atomic mass is 9.99. The standard InChI is InChI=1S/C32H46N6O11/c1-32(2,3)49-31(46)38-22(15-17-6-10-19(40)11-7-17)28(45)37-21(5-4-14-35-30(33)34)27(44)36-18-8-12-20(13-9-18)47-29-26(43)25(42)24(41)23(16-39)48-29/h6-13,21-26,29,39-43H,4-5,14-16H2,1-3H3,(H,36,44)(H,37,45)(H,38,46)(H4,33,34,35)/t21-,22-,23+,24+,25-,26+,29+/m0/s1. The number of rotatable bonds is 14. The highest BCUT2D eigenvalue weighted by Gasteiger charge is 2.44. The second-order valence-electron chi connectivity index (χ2n) is 12.4. The number of carbonyl (C=O) groups is 3. The third-order valence-corrected chi connectivity index (χ3v) is 7.18. The normalized spacial score (nSPS) is 21.8. The zero-order valence-electron chi connectivity index (χ0n) is 27.5. The quantitative estimate of drug-likeness (QED) is 0.0660. The van der Waals surface area contributed by atoms with Crippen LogP contribution in [-0.4, -0.2) is 111 Å². The zero-order valence-corrected chi connectivity index (χ0v) is 27.5. The number of carbonyl (C=O) groups excluding carboxylic acids is 3. The number of amides is 3. The Morgan fingerprint density at radius 1 is 0.918 bits per heavy atom. The number of aliphatic imine (C=N–C) groups is 1. The fourth-order valence-electron chi connectivity index (χ4n) is 4.72. The minimum Gasteiger partial charge on any atom is -0.508 e. The van der Waals surface area contributed by atoms with E-state index >= 15 is 0 Å². The second kappa shape index (κ2) is 17.6. The first-order chi connectivity index (χ1) is 23.1. The van der Waals surface area contributed by atoms with Gasteiger partial charge in [0.15, 0.2) is 5.96 Å². The minimum atomic E-state index is -1.62. The summed E-state index contributed by atoms with van der Waals surface area (Å²) in [5, 5.41) is 57.3. The van der Waals surface area contributed by atoms with Crippen molar-refractivity contribution in [3.63, 3.8) is 0 Å². The van der Waals surface area contributed by atoms with Gasteiger partial charge in [0.25, 0.3) is 0 Å². The molecule has 3 amide bonds. The van der Waals surface area contributed by atoms with E-state index < -0.39 is 72.9 Å². The Morgan fingerprint density at radius 3 is 2.16 bits per heavy atom. The lowest BCUT2D eigenvalue weighted by molar-refractivity contribution is -0.277. The van der Waals surface area contributed by atoms with E-state index in [0.717, 1.165) is 0 Å². The Labute approximate surface area is 283 Å². The third-order valence-electron chi connectivity index (χ3n) is 7.18. The summed E-state index contributed by atoms with van der Waals surface area (Å²) in [5.74, 6) is -1.21. The minimum absolute atomic E-state index is 0.0175. The lowest BCUT2D eigenvalue weighted by Gasteiger charge is -2.39. The van der Waals surface area contributed by atoms with Crippen molar-refractivity contribution >= 4 is 29.6 Å². The molecule has 2 aromatic rings. The maximum Gasteiger partial charge on any atom is 0.408 e. The lowest BCUT2D eigenvalue weighted by Crippen LogP contribution is -2.60. The highest BCUT2D eigenvalue weighted by molar-refractivity contribution is 5.98. The molecular formula is C32H46N6O11. The molecule has 0 bridgehead atoms. The van der Waals surface area contributed by atoms with Crippen LogP contribution in [0.5, 0.6) is 11.5 Å². The van der Waals surface area contributed by atoms with E-state index in [1.165, 1.54) is 36.4 Å². The molecule has 17 heteroatoms. The van der Waals surface area contributed by atoms with Gasteiger partial charge in [0.1, 0.15) is 53.6 Å². The monoisotopic (exact) mass is 690 g/mol. The Balaban J connectivity index is 1.74. The number of hydrogen-bond acceptors (Lipinski definition) is 12. The third kappa shape index (κ3) is 12.4. The van der Waals surface area contributed by atoms with Crippen LogP contribution in [0, 0.1) is 0 Å². The molecule has 0 spiro atoms. The molecule has 0 aliphatic carbocycles. The first-order valence-corrected chi connectivity index (χ1v) is 15.6. The summed E-state index contributed by atoms with van der Waals surface area (Å²) in [6, 6.07) is 9.66. The first-order valence-electron chi connectivity index (χ1n) is 15.6. The van der Waals surface area contributed by atoms with Gasteiger partial charge in [0.2, 0.25) is 18.1 Å². The zero-order chi connectivity index (χ0) is 36.3. The smallest absolute Gasteiger partial charge is 0.408 e. The molecule has 1 fully saturated rings. The molecule has 49 heavy (non-hydrogen) atoms. The summed E-state index contributed by atoms with van der Waals surface area (Å²) in [4.78, 5) is 43.6. The molecule has 1 aliphatic rings.